The molecule has 0 radical (unpaired) electrons. The SMILES string of the molecule is Cc1cc(NC(=O)C2CC2)sc1C(=O)NCCCN1CCCCCC1. The standard InChI is InChI=1S/C19H29N3O2S/c1-14-13-16(21-18(23)15-7-8-15)25-17(14)19(24)20-9-6-12-22-10-4-2-3-5-11-22/h13,15H,2-12H2,1H3,(H,20,24)(H,21,23). The van der Waals surface area contributed by atoms with Gasteiger partial charge in [0.1, 0.15) is 0 Å². The van der Waals surface area contributed by atoms with Gasteiger partial charge in [-0.05, 0) is 70.3 Å². The fourth-order valence-electron chi connectivity index (χ4n) is 3.28. The molecule has 0 atom stereocenters. The third-order valence-corrected chi connectivity index (χ3v) is 6.11. The van der Waals surface area contributed by atoms with Crippen molar-refractivity contribution in [3.05, 3.63) is 16.5 Å². The first-order valence-corrected chi connectivity index (χ1v) is 10.4. The maximum atomic E-state index is 12.4. The van der Waals surface area contributed by atoms with Crippen molar-refractivity contribution >= 4 is 28.2 Å². The fourth-order valence-corrected chi connectivity index (χ4v) is 4.27. The molecule has 6 heteroatoms. The molecule has 2 heterocycles. The Hall–Kier alpha value is -1.40. The van der Waals surface area contributed by atoms with Crippen LogP contribution >= 0.6 is 11.3 Å². The van der Waals surface area contributed by atoms with Crippen molar-refractivity contribution in [2.24, 2.45) is 5.92 Å². The van der Waals surface area contributed by atoms with Crippen LogP contribution in [0.4, 0.5) is 5.00 Å². The number of thiophene rings is 1. The minimum atomic E-state index is -0.0229. The molecule has 0 bridgehead atoms. The van der Waals surface area contributed by atoms with E-state index < -0.39 is 0 Å². The van der Waals surface area contributed by atoms with Crippen molar-refractivity contribution in [3.8, 4) is 0 Å². The summed E-state index contributed by atoms with van der Waals surface area (Å²) in [6, 6.07) is 1.90. The van der Waals surface area contributed by atoms with Crippen LogP contribution < -0.4 is 10.6 Å². The first-order valence-electron chi connectivity index (χ1n) is 9.55. The molecule has 2 aliphatic rings. The normalized spacial score (nSPS) is 18.6. The Balaban J connectivity index is 1.41. The van der Waals surface area contributed by atoms with Crippen LogP contribution in [-0.2, 0) is 4.79 Å². The molecule has 1 aliphatic heterocycles. The van der Waals surface area contributed by atoms with Crippen molar-refractivity contribution in [3.63, 3.8) is 0 Å². The van der Waals surface area contributed by atoms with Gasteiger partial charge in [-0.25, -0.2) is 0 Å². The van der Waals surface area contributed by atoms with Crippen LogP contribution in [0.3, 0.4) is 0 Å². The lowest BCUT2D eigenvalue weighted by molar-refractivity contribution is -0.117. The Morgan fingerprint density at radius 2 is 1.92 bits per heavy atom. The average Bonchev–Trinajstić information content (AvgIpc) is 3.39. The Kier molecular flexibility index (Phi) is 6.48. The average molecular weight is 364 g/mol. The van der Waals surface area contributed by atoms with Crippen molar-refractivity contribution < 1.29 is 9.59 Å². The lowest BCUT2D eigenvalue weighted by atomic mass is 10.2. The molecule has 5 nitrogen and oxygen atoms in total. The van der Waals surface area contributed by atoms with Crippen LogP contribution in [0, 0.1) is 12.8 Å². The second-order valence-corrected chi connectivity index (χ2v) is 8.30. The number of nitrogens with one attached hydrogen (secondary N) is 2. The number of nitrogens with zero attached hydrogens (tertiary/aromatic N) is 1. The maximum Gasteiger partial charge on any atom is 0.261 e. The predicted octanol–water partition coefficient (Wildman–Crippen LogP) is 3.40. The third kappa shape index (κ3) is 5.54. The molecule has 0 spiro atoms. The molecule has 0 unspecified atom stereocenters. The number of amides is 2. The number of aryl methyl sites for hydroxylation is 1. The zero-order valence-electron chi connectivity index (χ0n) is 15.1. The molecule has 3 rings (SSSR count). The van der Waals surface area contributed by atoms with E-state index in [2.05, 4.69) is 15.5 Å². The molecule has 2 fully saturated rings. The Bertz CT molecular complexity index is 602. The largest absolute Gasteiger partial charge is 0.351 e. The second kappa shape index (κ2) is 8.81. The number of rotatable bonds is 7. The van der Waals surface area contributed by atoms with Crippen LogP contribution in [0.25, 0.3) is 0 Å². The molecule has 1 aliphatic carbocycles. The van der Waals surface area contributed by atoms with E-state index in [1.54, 1.807) is 0 Å². The van der Waals surface area contributed by atoms with E-state index in [0.29, 0.717) is 11.4 Å². The molecular formula is C19H29N3O2S. The Morgan fingerprint density at radius 3 is 2.60 bits per heavy atom. The number of hydrogen-bond donors (Lipinski definition) is 2. The fraction of sp³-hybridized carbons (Fsp3) is 0.684. The number of likely N-dealkylation sites (tertiary alicyclic amines) is 1. The van der Waals surface area contributed by atoms with E-state index in [9.17, 15) is 9.59 Å². The first kappa shape index (κ1) is 18.4. The zero-order chi connectivity index (χ0) is 17.6. The summed E-state index contributed by atoms with van der Waals surface area (Å²) in [5.74, 6) is 0.245. The van der Waals surface area contributed by atoms with Gasteiger partial charge in [0, 0.05) is 12.5 Å². The number of hydrogen-bond acceptors (Lipinski definition) is 4. The van der Waals surface area contributed by atoms with Gasteiger partial charge in [0.25, 0.3) is 5.91 Å². The summed E-state index contributed by atoms with van der Waals surface area (Å²) in [6.07, 6.45) is 8.27. The van der Waals surface area contributed by atoms with Crippen LogP contribution in [0.5, 0.6) is 0 Å². The summed E-state index contributed by atoms with van der Waals surface area (Å²) in [4.78, 5) is 27.5. The van der Waals surface area contributed by atoms with Crippen LogP contribution in [0.15, 0.2) is 6.07 Å². The number of carbonyl (C=O) groups excluding carboxylic acids is 2. The van der Waals surface area contributed by atoms with Crippen molar-refractivity contribution in [1.82, 2.24) is 10.2 Å². The summed E-state index contributed by atoms with van der Waals surface area (Å²) in [6.45, 7) is 6.09. The highest BCUT2D eigenvalue weighted by atomic mass is 32.1. The van der Waals surface area contributed by atoms with Crippen LogP contribution in [0.1, 0.15) is 60.2 Å². The molecule has 1 saturated carbocycles. The minimum Gasteiger partial charge on any atom is -0.351 e. The van der Waals surface area contributed by atoms with Crippen molar-refractivity contribution in [2.75, 3.05) is 31.5 Å². The molecule has 2 N–H and O–H groups in total. The van der Waals surface area contributed by atoms with Gasteiger partial charge in [-0.2, -0.15) is 0 Å². The molecule has 1 aromatic heterocycles. The highest BCUT2D eigenvalue weighted by Gasteiger charge is 2.30. The quantitative estimate of drug-likeness (QED) is 0.730. The molecule has 138 valence electrons. The van der Waals surface area contributed by atoms with E-state index in [0.717, 1.165) is 36.4 Å². The monoisotopic (exact) mass is 363 g/mol. The van der Waals surface area contributed by atoms with Gasteiger partial charge in [0.15, 0.2) is 0 Å². The summed E-state index contributed by atoms with van der Waals surface area (Å²) in [5, 5.41) is 6.74. The van der Waals surface area contributed by atoms with Gasteiger partial charge >= 0.3 is 0 Å². The molecule has 25 heavy (non-hydrogen) atoms. The van der Waals surface area contributed by atoms with E-state index in [-0.39, 0.29) is 17.7 Å². The topological polar surface area (TPSA) is 61.4 Å². The van der Waals surface area contributed by atoms with Crippen molar-refractivity contribution in [1.29, 1.82) is 0 Å². The first-order chi connectivity index (χ1) is 12.1. The molecule has 2 amide bonds. The molecule has 1 aromatic rings. The molecule has 1 saturated heterocycles. The minimum absolute atomic E-state index is 0.0229. The van der Waals surface area contributed by atoms with Gasteiger partial charge < -0.3 is 15.5 Å². The summed E-state index contributed by atoms with van der Waals surface area (Å²) >= 11 is 1.38. The van der Waals surface area contributed by atoms with E-state index in [1.165, 1.54) is 50.1 Å². The number of carbonyl (C=O) groups is 2. The van der Waals surface area contributed by atoms with Gasteiger partial charge in [0.2, 0.25) is 5.91 Å². The van der Waals surface area contributed by atoms with E-state index in [1.807, 2.05) is 13.0 Å². The van der Waals surface area contributed by atoms with Crippen molar-refractivity contribution in [2.45, 2.75) is 51.9 Å². The second-order valence-electron chi connectivity index (χ2n) is 7.25. The summed E-state index contributed by atoms with van der Waals surface area (Å²) < 4.78 is 0. The van der Waals surface area contributed by atoms with Gasteiger partial charge in [0.05, 0.1) is 9.88 Å². The Morgan fingerprint density at radius 1 is 1.20 bits per heavy atom. The molecule has 0 aromatic carbocycles. The Labute approximate surface area is 154 Å². The third-order valence-electron chi connectivity index (χ3n) is 4.95. The van der Waals surface area contributed by atoms with Crippen LogP contribution in [-0.4, -0.2) is 42.9 Å². The van der Waals surface area contributed by atoms with Gasteiger partial charge in [-0.1, -0.05) is 12.8 Å². The maximum absolute atomic E-state index is 12.4. The highest BCUT2D eigenvalue weighted by molar-refractivity contribution is 7.18. The zero-order valence-corrected chi connectivity index (χ0v) is 15.9. The van der Waals surface area contributed by atoms with Gasteiger partial charge in [-0.15, -0.1) is 11.3 Å². The smallest absolute Gasteiger partial charge is 0.261 e. The summed E-state index contributed by atoms with van der Waals surface area (Å²) in [7, 11) is 0. The highest BCUT2D eigenvalue weighted by Crippen LogP contribution is 2.32. The molecular weight excluding hydrogens is 334 g/mol. The van der Waals surface area contributed by atoms with Gasteiger partial charge in [-0.3, -0.25) is 9.59 Å². The van der Waals surface area contributed by atoms with Crippen LogP contribution in [0.2, 0.25) is 0 Å². The summed E-state index contributed by atoms with van der Waals surface area (Å²) in [5.41, 5.74) is 0.932. The van der Waals surface area contributed by atoms with E-state index >= 15 is 0 Å². The van der Waals surface area contributed by atoms with E-state index in [4.69, 9.17) is 0 Å². The number of anilines is 1. The lowest BCUT2D eigenvalue weighted by Gasteiger charge is -2.19. The predicted molar refractivity (Wildman–Crippen MR) is 102 cm³/mol. The lowest BCUT2D eigenvalue weighted by Crippen LogP contribution is -2.30.